The zero-order valence-corrected chi connectivity index (χ0v) is 11.6. The number of carbonyl (C=O) groups excluding carboxylic acids is 1. The molecule has 0 aromatic heterocycles. The number of allylic oxidation sites excluding steroid dienone is 1. The van der Waals surface area contributed by atoms with Gasteiger partial charge >= 0.3 is 5.97 Å². The molecule has 106 valence electrons. The van der Waals surface area contributed by atoms with Crippen molar-refractivity contribution in [2.24, 2.45) is 0 Å². The fraction of sp³-hybridized carbons (Fsp3) is 0.231. The van der Waals surface area contributed by atoms with Crippen molar-refractivity contribution in [1.82, 2.24) is 10.6 Å². The van der Waals surface area contributed by atoms with E-state index in [1.807, 2.05) is 0 Å². The molecule has 1 aliphatic heterocycles. The number of methoxy groups -OCH3 is 1. The monoisotopic (exact) mass is 298 g/mol. The van der Waals surface area contributed by atoms with Gasteiger partial charge in [0.05, 0.1) is 18.7 Å². The van der Waals surface area contributed by atoms with Gasteiger partial charge in [0.1, 0.15) is 11.6 Å². The summed E-state index contributed by atoms with van der Waals surface area (Å²) in [6.07, 6.45) is 0. The van der Waals surface area contributed by atoms with Gasteiger partial charge in [-0.25, -0.2) is 13.6 Å². The van der Waals surface area contributed by atoms with E-state index < -0.39 is 23.6 Å². The van der Waals surface area contributed by atoms with Crippen molar-refractivity contribution in [3.8, 4) is 0 Å². The Morgan fingerprint density at radius 3 is 2.70 bits per heavy atom. The molecule has 0 unspecified atom stereocenters. The van der Waals surface area contributed by atoms with Gasteiger partial charge in [-0.2, -0.15) is 0 Å². The second-order valence-electron chi connectivity index (χ2n) is 4.23. The van der Waals surface area contributed by atoms with E-state index in [1.54, 1.807) is 6.92 Å². The number of esters is 1. The summed E-state index contributed by atoms with van der Waals surface area (Å²) in [5.41, 5.74) is 0.788. The van der Waals surface area contributed by atoms with E-state index in [2.05, 4.69) is 10.6 Å². The third-order valence-corrected chi connectivity index (χ3v) is 3.17. The molecule has 0 bridgehead atoms. The normalized spacial score (nSPS) is 18.4. The highest BCUT2D eigenvalue weighted by Crippen LogP contribution is 2.29. The third-order valence-electron chi connectivity index (χ3n) is 2.95. The molecule has 20 heavy (non-hydrogen) atoms. The Hall–Kier alpha value is -2.02. The van der Waals surface area contributed by atoms with Crippen LogP contribution in [0.4, 0.5) is 8.78 Å². The van der Waals surface area contributed by atoms with Gasteiger partial charge in [-0.15, -0.1) is 0 Å². The predicted molar refractivity (Wildman–Crippen MR) is 72.7 cm³/mol. The number of rotatable bonds is 2. The van der Waals surface area contributed by atoms with Crippen molar-refractivity contribution in [1.29, 1.82) is 0 Å². The summed E-state index contributed by atoms with van der Waals surface area (Å²) < 4.78 is 31.6. The minimum absolute atomic E-state index is 0.120. The van der Waals surface area contributed by atoms with Crippen LogP contribution in [0.3, 0.4) is 0 Å². The Morgan fingerprint density at radius 1 is 1.40 bits per heavy atom. The highest BCUT2D eigenvalue weighted by atomic mass is 32.1. The summed E-state index contributed by atoms with van der Waals surface area (Å²) in [4.78, 5) is 11.8. The first-order valence-electron chi connectivity index (χ1n) is 5.75. The van der Waals surface area contributed by atoms with Gasteiger partial charge in [-0.1, -0.05) is 6.07 Å². The van der Waals surface area contributed by atoms with Crippen LogP contribution < -0.4 is 10.6 Å². The van der Waals surface area contributed by atoms with Crippen molar-refractivity contribution < 1.29 is 18.3 Å². The Balaban J connectivity index is 2.54. The largest absolute Gasteiger partial charge is 0.466 e. The van der Waals surface area contributed by atoms with Gasteiger partial charge in [0.25, 0.3) is 0 Å². The van der Waals surface area contributed by atoms with Crippen molar-refractivity contribution in [3.63, 3.8) is 0 Å². The average Bonchev–Trinajstić information content (AvgIpc) is 2.37. The molecule has 1 aromatic carbocycles. The number of thiocarbonyl (C=S) groups is 1. The molecule has 1 atom stereocenters. The van der Waals surface area contributed by atoms with Crippen LogP contribution in [0.1, 0.15) is 18.5 Å². The van der Waals surface area contributed by atoms with Crippen LogP contribution >= 0.6 is 12.2 Å². The van der Waals surface area contributed by atoms with Gasteiger partial charge in [0.2, 0.25) is 0 Å². The third kappa shape index (κ3) is 2.62. The Bertz CT molecular complexity index is 616. The van der Waals surface area contributed by atoms with Crippen LogP contribution in [0.25, 0.3) is 0 Å². The molecule has 4 nitrogen and oxygen atoms in total. The summed E-state index contributed by atoms with van der Waals surface area (Å²) in [6.45, 7) is 1.63. The molecule has 7 heteroatoms. The Morgan fingerprint density at radius 2 is 2.10 bits per heavy atom. The van der Waals surface area contributed by atoms with Crippen LogP contribution in [0.2, 0.25) is 0 Å². The van der Waals surface area contributed by atoms with E-state index in [9.17, 15) is 13.6 Å². The molecule has 1 heterocycles. The fourth-order valence-corrected chi connectivity index (χ4v) is 2.31. The highest BCUT2D eigenvalue weighted by Gasteiger charge is 2.32. The second kappa shape index (κ2) is 5.54. The lowest BCUT2D eigenvalue weighted by Crippen LogP contribution is -2.45. The lowest BCUT2D eigenvalue weighted by Gasteiger charge is -2.29. The predicted octanol–water partition coefficient (Wildman–Crippen LogP) is 1.93. The standard InChI is InChI=1S/C13H12F2N2O2S/c1-6-10(12(18)19-2)11(17-13(20)16-6)8-4-3-7(14)5-9(8)15/h3-5,11H,1-2H3,(H2,16,17,20)/t11-/m1/s1. The van der Waals surface area contributed by atoms with Crippen LogP contribution in [0.15, 0.2) is 29.5 Å². The molecule has 0 radical (unpaired) electrons. The lowest BCUT2D eigenvalue weighted by atomic mass is 9.95. The van der Waals surface area contributed by atoms with E-state index in [0.717, 1.165) is 12.1 Å². The molecule has 0 amide bonds. The number of halogens is 2. The van der Waals surface area contributed by atoms with Gasteiger partial charge in [0, 0.05) is 17.3 Å². The SMILES string of the molecule is COC(=O)C1=C(C)NC(=S)N[C@@H]1c1ccc(F)cc1F. The van der Waals surface area contributed by atoms with Gasteiger partial charge < -0.3 is 15.4 Å². The van der Waals surface area contributed by atoms with E-state index in [0.29, 0.717) is 5.70 Å². The minimum Gasteiger partial charge on any atom is -0.466 e. The van der Waals surface area contributed by atoms with E-state index in [1.165, 1.54) is 13.2 Å². The summed E-state index contributed by atoms with van der Waals surface area (Å²) in [5, 5.41) is 5.82. The quantitative estimate of drug-likeness (QED) is 0.645. The smallest absolute Gasteiger partial charge is 0.337 e. The summed E-state index contributed by atoms with van der Waals surface area (Å²) >= 11 is 5.00. The number of benzene rings is 1. The van der Waals surface area contributed by atoms with Crippen molar-refractivity contribution in [2.45, 2.75) is 13.0 Å². The zero-order chi connectivity index (χ0) is 14.9. The molecule has 0 aliphatic carbocycles. The Labute approximate surface area is 119 Å². The molecule has 0 saturated heterocycles. The molecule has 2 rings (SSSR count). The molecule has 1 aliphatic rings. The van der Waals surface area contributed by atoms with Gasteiger partial charge in [-0.3, -0.25) is 0 Å². The average molecular weight is 298 g/mol. The van der Waals surface area contributed by atoms with Crippen LogP contribution in [0.5, 0.6) is 0 Å². The molecular weight excluding hydrogens is 286 g/mol. The van der Waals surface area contributed by atoms with Gasteiger partial charge in [-0.05, 0) is 25.2 Å². The fourth-order valence-electron chi connectivity index (χ4n) is 2.04. The maximum atomic E-state index is 13.9. The first-order chi connectivity index (χ1) is 9.43. The lowest BCUT2D eigenvalue weighted by molar-refractivity contribution is -0.136. The van der Waals surface area contributed by atoms with Crippen LogP contribution in [0, 0.1) is 11.6 Å². The molecule has 1 aromatic rings. The number of carbonyl (C=O) groups is 1. The summed E-state index contributed by atoms with van der Waals surface area (Å²) in [5.74, 6) is -2.07. The highest BCUT2D eigenvalue weighted by molar-refractivity contribution is 7.80. The molecule has 0 fully saturated rings. The first kappa shape index (κ1) is 14.4. The van der Waals surface area contributed by atoms with Crippen LogP contribution in [-0.2, 0) is 9.53 Å². The topological polar surface area (TPSA) is 50.4 Å². The summed E-state index contributed by atoms with van der Waals surface area (Å²) in [7, 11) is 1.23. The van der Waals surface area contributed by atoms with Crippen LogP contribution in [-0.4, -0.2) is 18.2 Å². The second-order valence-corrected chi connectivity index (χ2v) is 4.64. The van der Waals surface area contributed by atoms with Crippen molar-refractivity contribution >= 4 is 23.3 Å². The first-order valence-corrected chi connectivity index (χ1v) is 6.16. The maximum Gasteiger partial charge on any atom is 0.337 e. The van der Waals surface area contributed by atoms with Crippen molar-refractivity contribution in [2.75, 3.05) is 7.11 Å². The number of ether oxygens (including phenoxy) is 1. The minimum atomic E-state index is -0.822. The molecular formula is C13H12F2N2O2S. The molecule has 2 N–H and O–H groups in total. The zero-order valence-electron chi connectivity index (χ0n) is 10.8. The number of hydrogen-bond donors (Lipinski definition) is 2. The Kier molecular flexibility index (Phi) is 3.99. The number of nitrogens with one attached hydrogen (secondary N) is 2. The van der Waals surface area contributed by atoms with E-state index >= 15 is 0 Å². The van der Waals surface area contributed by atoms with E-state index in [4.69, 9.17) is 17.0 Å². The van der Waals surface area contributed by atoms with E-state index in [-0.39, 0.29) is 16.2 Å². The summed E-state index contributed by atoms with van der Waals surface area (Å²) in [6, 6.07) is 2.32. The number of hydrogen-bond acceptors (Lipinski definition) is 3. The maximum absolute atomic E-state index is 13.9. The van der Waals surface area contributed by atoms with Gasteiger partial charge in [0.15, 0.2) is 5.11 Å². The van der Waals surface area contributed by atoms with Crippen molar-refractivity contribution in [3.05, 3.63) is 46.7 Å². The molecule has 0 spiro atoms. The molecule has 0 saturated carbocycles.